The summed E-state index contributed by atoms with van der Waals surface area (Å²) in [5, 5.41) is 0. The molecule has 24 heavy (non-hydrogen) atoms. The quantitative estimate of drug-likeness (QED) is 0.762. The Kier molecular flexibility index (Phi) is 4.62. The van der Waals surface area contributed by atoms with E-state index in [1.54, 1.807) is 11.9 Å². The highest BCUT2D eigenvalue weighted by molar-refractivity contribution is 7.91. The summed E-state index contributed by atoms with van der Waals surface area (Å²) >= 11 is 0. The van der Waals surface area contributed by atoms with Crippen molar-refractivity contribution in [2.75, 3.05) is 30.0 Å². The van der Waals surface area contributed by atoms with Crippen LogP contribution in [0, 0.1) is 0 Å². The van der Waals surface area contributed by atoms with Gasteiger partial charge < -0.3 is 9.80 Å². The molecule has 7 heteroatoms. The van der Waals surface area contributed by atoms with E-state index in [4.69, 9.17) is 0 Å². The number of rotatable bonds is 3. The lowest BCUT2D eigenvalue weighted by atomic mass is 10.0. The number of anilines is 1. The van der Waals surface area contributed by atoms with Gasteiger partial charge in [0.2, 0.25) is 11.8 Å². The molecule has 0 radical (unpaired) electrons. The molecule has 0 aromatic heterocycles. The molecule has 6 nitrogen and oxygen atoms in total. The van der Waals surface area contributed by atoms with Gasteiger partial charge in [0, 0.05) is 25.3 Å². The van der Waals surface area contributed by atoms with Gasteiger partial charge in [-0.15, -0.1) is 0 Å². The van der Waals surface area contributed by atoms with Crippen LogP contribution in [0.25, 0.3) is 0 Å². The Labute approximate surface area is 142 Å². The highest BCUT2D eigenvalue weighted by Crippen LogP contribution is 2.27. The summed E-state index contributed by atoms with van der Waals surface area (Å²) in [5.74, 6) is -0.427. The average molecular weight is 350 g/mol. The van der Waals surface area contributed by atoms with E-state index in [1.165, 1.54) is 4.90 Å². The summed E-state index contributed by atoms with van der Waals surface area (Å²) in [6, 6.07) is 7.44. The first kappa shape index (κ1) is 17.0. The summed E-state index contributed by atoms with van der Waals surface area (Å²) in [7, 11) is -1.46. The second-order valence-corrected chi connectivity index (χ2v) is 8.74. The molecular weight excluding hydrogens is 328 g/mol. The van der Waals surface area contributed by atoms with Crippen LogP contribution in [0.5, 0.6) is 0 Å². The molecule has 1 atom stereocenters. The number of para-hydroxylation sites is 1. The van der Waals surface area contributed by atoms with Crippen LogP contribution < -0.4 is 4.90 Å². The van der Waals surface area contributed by atoms with Crippen LogP contribution in [0.4, 0.5) is 5.69 Å². The Morgan fingerprint density at radius 1 is 1.29 bits per heavy atom. The Morgan fingerprint density at radius 2 is 2.04 bits per heavy atom. The lowest BCUT2D eigenvalue weighted by Gasteiger charge is -2.30. The minimum atomic E-state index is -3.05. The van der Waals surface area contributed by atoms with Crippen LogP contribution in [0.3, 0.4) is 0 Å². The number of hydrogen-bond acceptors (Lipinski definition) is 4. The number of fused-ring (bicyclic) bond motifs is 1. The van der Waals surface area contributed by atoms with E-state index in [2.05, 4.69) is 0 Å². The maximum Gasteiger partial charge on any atom is 0.236 e. The second-order valence-electron chi connectivity index (χ2n) is 6.52. The van der Waals surface area contributed by atoms with Crippen molar-refractivity contribution in [3.05, 3.63) is 29.8 Å². The number of carbonyl (C=O) groups excluding carboxylic acids is 2. The zero-order valence-electron chi connectivity index (χ0n) is 13.8. The predicted octanol–water partition coefficient (Wildman–Crippen LogP) is 1.00. The van der Waals surface area contributed by atoms with Crippen LogP contribution >= 0.6 is 0 Å². The first-order valence-corrected chi connectivity index (χ1v) is 10.0. The van der Waals surface area contributed by atoms with Gasteiger partial charge in [0.05, 0.1) is 11.5 Å². The van der Waals surface area contributed by atoms with Crippen LogP contribution in [0.15, 0.2) is 24.3 Å². The van der Waals surface area contributed by atoms with E-state index in [0.29, 0.717) is 13.0 Å². The van der Waals surface area contributed by atoms with Crippen LogP contribution in [-0.2, 0) is 25.8 Å². The number of hydrogen-bond donors (Lipinski definition) is 0. The Hall–Kier alpha value is -1.89. The maximum atomic E-state index is 12.6. The molecule has 1 unspecified atom stereocenters. The zero-order chi connectivity index (χ0) is 17.3. The Bertz CT molecular complexity index is 760. The first-order chi connectivity index (χ1) is 11.4. The minimum Gasteiger partial charge on any atom is -0.341 e. The second kappa shape index (κ2) is 6.55. The molecule has 2 heterocycles. The summed E-state index contributed by atoms with van der Waals surface area (Å²) in [5.41, 5.74) is 2.01. The fraction of sp³-hybridized carbons (Fsp3) is 0.529. The van der Waals surface area contributed by atoms with Crippen molar-refractivity contribution in [2.45, 2.75) is 31.7 Å². The van der Waals surface area contributed by atoms with Gasteiger partial charge in [0.1, 0.15) is 6.42 Å². The minimum absolute atomic E-state index is 0.00399. The van der Waals surface area contributed by atoms with Crippen molar-refractivity contribution < 1.29 is 18.0 Å². The standard InChI is InChI=1S/C17H22N2O4S/c1-18(14-8-10-24(22,23)12-14)16(20)11-17(21)19-9-4-6-13-5-2-3-7-15(13)19/h2-3,5,7,14H,4,6,8-12H2,1H3. The molecule has 0 N–H and O–H groups in total. The number of aryl methyl sites for hydroxylation is 1. The van der Waals surface area contributed by atoms with E-state index in [0.717, 1.165) is 24.1 Å². The SMILES string of the molecule is CN(C(=O)CC(=O)N1CCCc2ccccc21)C1CCS(=O)(=O)C1. The highest BCUT2D eigenvalue weighted by Gasteiger charge is 2.34. The van der Waals surface area contributed by atoms with E-state index in [-0.39, 0.29) is 35.8 Å². The molecule has 3 rings (SSSR count). The highest BCUT2D eigenvalue weighted by atomic mass is 32.2. The number of benzene rings is 1. The number of sulfone groups is 1. The largest absolute Gasteiger partial charge is 0.341 e. The van der Waals surface area contributed by atoms with E-state index < -0.39 is 9.84 Å². The molecule has 1 aromatic carbocycles. The van der Waals surface area contributed by atoms with Crippen molar-refractivity contribution in [3.63, 3.8) is 0 Å². The van der Waals surface area contributed by atoms with E-state index in [1.807, 2.05) is 24.3 Å². The fourth-order valence-electron chi connectivity index (χ4n) is 3.43. The summed E-state index contributed by atoms with van der Waals surface area (Å²) in [6.07, 6.45) is 2.05. The molecule has 0 bridgehead atoms. The lowest BCUT2D eigenvalue weighted by Crippen LogP contribution is -2.42. The average Bonchev–Trinajstić information content (AvgIpc) is 2.93. The molecule has 0 aliphatic carbocycles. The Balaban J connectivity index is 1.66. The molecule has 2 amide bonds. The normalized spacial score (nSPS) is 22.0. The molecule has 0 saturated carbocycles. The van der Waals surface area contributed by atoms with Gasteiger partial charge in [-0.1, -0.05) is 18.2 Å². The van der Waals surface area contributed by atoms with Gasteiger partial charge in [-0.2, -0.15) is 0 Å². The van der Waals surface area contributed by atoms with E-state index >= 15 is 0 Å². The topological polar surface area (TPSA) is 74.8 Å². The monoisotopic (exact) mass is 350 g/mol. The third kappa shape index (κ3) is 3.45. The summed E-state index contributed by atoms with van der Waals surface area (Å²) in [4.78, 5) is 28.1. The zero-order valence-corrected chi connectivity index (χ0v) is 14.6. The molecule has 1 saturated heterocycles. The molecule has 1 fully saturated rings. The van der Waals surface area contributed by atoms with Gasteiger partial charge in [-0.25, -0.2) is 8.42 Å². The van der Waals surface area contributed by atoms with Crippen molar-refractivity contribution in [3.8, 4) is 0 Å². The maximum absolute atomic E-state index is 12.6. The summed E-state index contributed by atoms with van der Waals surface area (Å²) in [6.45, 7) is 0.616. The molecular formula is C17H22N2O4S. The van der Waals surface area contributed by atoms with E-state index in [9.17, 15) is 18.0 Å². The van der Waals surface area contributed by atoms with Crippen molar-refractivity contribution in [2.24, 2.45) is 0 Å². The van der Waals surface area contributed by atoms with Gasteiger partial charge in [0.15, 0.2) is 9.84 Å². The van der Waals surface area contributed by atoms with Crippen molar-refractivity contribution in [1.82, 2.24) is 4.90 Å². The first-order valence-electron chi connectivity index (χ1n) is 8.22. The molecule has 2 aliphatic rings. The fourth-order valence-corrected chi connectivity index (χ4v) is 5.20. The van der Waals surface area contributed by atoms with Gasteiger partial charge in [0.25, 0.3) is 0 Å². The number of amides is 2. The molecule has 0 spiro atoms. The molecule has 2 aliphatic heterocycles. The van der Waals surface area contributed by atoms with Crippen LogP contribution in [-0.4, -0.2) is 56.3 Å². The smallest absolute Gasteiger partial charge is 0.236 e. The summed E-state index contributed by atoms with van der Waals surface area (Å²) < 4.78 is 23.1. The number of nitrogens with zero attached hydrogens (tertiary/aromatic N) is 2. The van der Waals surface area contributed by atoms with Gasteiger partial charge >= 0.3 is 0 Å². The van der Waals surface area contributed by atoms with Gasteiger partial charge in [-0.05, 0) is 30.9 Å². The van der Waals surface area contributed by atoms with Crippen molar-refractivity contribution in [1.29, 1.82) is 0 Å². The molecule has 1 aromatic rings. The van der Waals surface area contributed by atoms with Crippen molar-refractivity contribution >= 4 is 27.3 Å². The lowest BCUT2D eigenvalue weighted by molar-refractivity contribution is -0.135. The third-order valence-corrected chi connectivity index (χ3v) is 6.61. The third-order valence-electron chi connectivity index (χ3n) is 4.86. The van der Waals surface area contributed by atoms with Gasteiger partial charge in [-0.3, -0.25) is 9.59 Å². The van der Waals surface area contributed by atoms with Crippen LogP contribution in [0.1, 0.15) is 24.8 Å². The number of carbonyl (C=O) groups is 2. The molecule has 130 valence electrons. The Morgan fingerprint density at radius 3 is 2.75 bits per heavy atom. The predicted molar refractivity (Wildman–Crippen MR) is 91.6 cm³/mol. The van der Waals surface area contributed by atoms with Crippen LogP contribution in [0.2, 0.25) is 0 Å².